The van der Waals surface area contributed by atoms with Gasteiger partial charge in [0.1, 0.15) is 6.04 Å². The summed E-state index contributed by atoms with van der Waals surface area (Å²) in [5.74, 6) is -1.37. The summed E-state index contributed by atoms with van der Waals surface area (Å²) in [5.41, 5.74) is 2.07. The summed E-state index contributed by atoms with van der Waals surface area (Å²) >= 11 is 0. The number of hydrogen-bond donors (Lipinski definition) is 2. The highest BCUT2D eigenvalue weighted by Crippen LogP contribution is 2.16. The number of benzene rings is 2. The number of nitrogens with zero attached hydrogens (tertiary/aromatic N) is 1. The second-order valence-electron chi connectivity index (χ2n) is 6.48. The summed E-state index contributed by atoms with van der Waals surface area (Å²) in [4.78, 5) is 41.0. The molecule has 1 heterocycles. The number of fused-ring (bicyclic) bond motifs is 1. The maximum Gasteiger partial charge on any atom is 0.328 e. The van der Waals surface area contributed by atoms with Crippen LogP contribution in [-0.4, -0.2) is 35.9 Å². The molecule has 0 spiro atoms. The van der Waals surface area contributed by atoms with E-state index in [1.165, 1.54) is 14.0 Å². The number of rotatable bonds is 6. The molecular formula is C22H21N3O4. The molecule has 0 aliphatic rings. The first-order valence-corrected chi connectivity index (χ1v) is 9.08. The van der Waals surface area contributed by atoms with Gasteiger partial charge < -0.3 is 15.4 Å². The molecule has 2 aromatic carbocycles. The number of nitrogens with one attached hydrogen (secondary N) is 2. The Balaban J connectivity index is 1.83. The van der Waals surface area contributed by atoms with Crippen molar-refractivity contribution in [1.82, 2.24) is 10.3 Å². The average Bonchev–Trinajstić information content (AvgIpc) is 2.72. The Kier molecular flexibility index (Phi) is 6.19. The van der Waals surface area contributed by atoms with E-state index >= 15 is 0 Å². The molecule has 0 saturated carbocycles. The van der Waals surface area contributed by atoms with Gasteiger partial charge in [0.2, 0.25) is 5.91 Å². The first-order chi connectivity index (χ1) is 14.0. The molecule has 0 fully saturated rings. The quantitative estimate of drug-likeness (QED) is 0.630. The van der Waals surface area contributed by atoms with E-state index in [9.17, 15) is 14.4 Å². The number of aromatic nitrogens is 1. The zero-order chi connectivity index (χ0) is 20.8. The van der Waals surface area contributed by atoms with Crippen LogP contribution >= 0.6 is 0 Å². The lowest BCUT2D eigenvalue weighted by atomic mass is 10.1. The number of hydrogen-bond acceptors (Lipinski definition) is 5. The second kappa shape index (κ2) is 8.97. The molecule has 3 aromatic rings. The van der Waals surface area contributed by atoms with Crippen molar-refractivity contribution in [2.24, 2.45) is 0 Å². The van der Waals surface area contributed by atoms with E-state index < -0.39 is 17.9 Å². The summed E-state index contributed by atoms with van der Waals surface area (Å²) in [5, 5.41) is 6.29. The Morgan fingerprint density at radius 3 is 2.48 bits per heavy atom. The summed E-state index contributed by atoms with van der Waals surface area (Å²) < 4.78 is 4.85. The van der Waals surface area contributed by atoms with Gasteiger partial charge >= 0.3 is 5.97 Å². The lowest BCUT2D eigenvalue weighted by Crippen LogP contribution is -2.43. The average molecular weight is 391 g/mol. The van der Waals surface area contributed by atoms with Crippen molar-refractivity contribution in [3.8, 4) is 0 Å². The maximum absolute atomic E-state index is 12.8. The molecule has 1 atom stereocenters. The zero-order valence-electron chi connectivity index (χ0n) is 16.1. The predicted octanol–water partition coefficient (Wildman–Crippen LogP) is 2.71. The maximum atomic E-state index is 12.8. The van der Waals surface area contributed by atoms with Gasteiger partial charge in [-0.2, -0.15) is 0 Å². The minimum atomic E-state index is -0.924. The Hall–Kier alpha value is -3.74. The van der Waals surface area contributed by atoms with Gasteiger partial charge in [0.05, 0.1) is 23.9 Å². The summed E-state index contributed by atoms with van der Waals surface area (Å²) in [6, 6.07) is 17.0. The van der Waals surface area contributed by atoms with Crippen molar-refractivity contribution in [1.29, 1.82) is 0 Å². The Morgan fingerprint density at radius 1 is 1.00 bits per heavy atom. The van der Waals surface area contributed by atoms with Crippen LogP contribution in [0.25, 0.3) is 10.9 Å². The summed E-state index contributed by atoms with van der Waals surface area (Å²) in [7, 11) is 1.26. The predicted molar refractivity (Wildman–Crippen MR) is 109 cm³/mol. The van der Waals surface area contributed by atoms with Gasteiger partial charge in [0.15, 0.2) is 0 Å². The smallest absolute Gasteiger partial charge is 0.328 e. The fraction of sp³-hybridized carbons (Fsp3) is 0.182. The van der Waals surface area contributed by atoms with Crippen molar-refractivity contribution >= 4 is 34.4 Å². The van der Waals surface area contributed by atoms with E-state index in [4.69, 9.17) is 4.74 Å². The van der Waals surface area contributed by atoms with E-state index in [1.807, 2.05) is 36.4 Å². The molecule has 29 heavy (non-hydrogen) atoms. The molecular weight excluding hydrogens is 370 g/mol. The third-order valence-electron chi connectivity index (χ3n) is 4.34. The molecule has 7 heteroatoms. The van der Waals surface area contributed by atoms with Gasteiger partial charge in [-0.3, -0.25) is 14.6 Å². The fourth-order valence-corrected chi connectivity index (χ4v) is 2.98. The van der Waals surface area contributed by atoms with Crippen LogP contribution in [0.2, 0.25) is 0 Å². The number of methoxy groups -OCH3 is 1. The molecule has 0 aliphatic heterocycles. The van der Waals surface area contributed by atoms with Crippen LogP contribution in [0.4, 0.5) is 5.69 Å². The molecule has 2 amide bonds. The van der Waals surface area contributed by atoms with Gasteiger partial charge in [-0.15, -0.1) is 0 Å². The van der Waals surface area contributed by atoms with Crippen molar-refractivity contribution in [2.45, 2.75) is 19.4 Å². The highest BCUT2D eigenvalue weighted by Gasteiger charge is 2.24. The summed E-state index contributed by atoms with van der Waals surface area (Å²) in [6.07, 6.45) is 0.172. The van der Waals surface area contributed by atoms with Crippen LogP contribution in [0, 0.1) is 0 Å². The number of amides is 2. The Labute approximate surface area is 168 Å². The minimum absolute atomic E-state index is 0.172. The van der Waals surface area contributed by atoms with E-state index in [2.05, 4.69) is 15.6 Å². The largest absolute Gasteiger partial charge is 0.467 e. The van der Waals surface area contributed by atoms with Crippen molar-refractivity contribution in [2.75, 3.05) is 12.4 Å². The molecule has 7 nitrogen and oxygen atoms in total. The molecule has 0 aliphatic carbocycles. The SMILES string of the molecule is COC(=O)[C@H](Cc1ccc2ccccc2n1)NC(=O)c1ccccc1NC(C)=O. The van der Waals surface area contributed by atoms with Crippen molar-refractivity contribution < 1.29 is 19.1 Å². The van der Waals surface area contributed by atoms with Crippen LogP contribution in [0.1, 0.15) is 23.0 Å². The molecule has 0 unspecified atom stereocenters. The third kappa shape index (κ3) is 4.95. The number of pyridine rings is 1. The van der Waals surface area contributed by atoms with Crippen LogP contribution in [-0.2, 0) is 20.7 Å². The van der Waals surface area contributed by atoms with Crippen molar-refractivity contribution in [3.63, 3.8) is 0 Å². The monoisotopic (exact) mass is 391 g/mol. The normalized spacial score (nSPS) is 11.5. The molecule has 3 rings (SSSR count). The van der Waals surface area contributed by atoms with Crippen LogP contribution in [0.5, 0.6) is 0 Å². The highest BCUT2D eigenvalue weighted by molar-refractivity contribution is 6.04. The van der Waals surface area contributed by atoms with Gasteiger partial charge in [0.25, 0.3) is 5.91 Å². The molecule has 148 valence electrons. The number of carbonyl (C=O) groups excluding carboxylic acids is 3. The van der Waals surface area contributed by atoms with Gasteiger partial charge in [-0.05, 0) is 24.3 Å². The number of carbonyl (C=O) groups is 3. The van der Waals surface area contributed by atoms with E-state index in [0.29, 0.717) is 11.4 Å². The van der Waals surface area contributed by atoms with Crippen LogP contribution in [0.15, 0.2) is 60.7 Å². The number of ether oxygens (including phenoxy) is 1. The molecule has 0 bridgehead atoms. The Morgan fingerprint density at radius 2 is 1.72 bits per heavy atom. The topological polar surface area (TPSA) is 97.4 Å². The number of anilines is 1. The van der Waals surface area contributed by atoms with Crippen LogP contribution < -0.4 is 10.6 Å². The fourth-order valence-electron chi connectivity index (χ4n) is 2.98. The zero-order valence-corrected chi connectivity index (χ0v) is 16.1. The highest BCUT2D eigenvalue weighted by atomic mass is 16.5. The van der Waals surface area contributed by atoms with E-state index in [1.54, 1.807) is 24.3 Å². The van der Waals surface area contributed by atoms with Gasteiger partial charge in [0, 0.05) is 24.4 Å². The lowest BCUT2D eigenvalue weighted by molar-refractivity contribution is -0.142. The van der Waals surface area contributed by atoms with E-state index in [0.717, 1.165) is 10.9 Å². The van der Waals surface area contributed by atoms with E-state index in [-0.39, 0.29) is 17.9 Å². The molecule has 1 aromatic heterocycles. The molecule has 0 radical (unpaired) electrons. The van der Waals surface area contributed by atoms with Gasteiger partial charge in [-0.25, -0.2) is 4.79 Å². The Bertz CT molecular complexity index is 1060. The molecule has 2 N–H and O–H groups in total. The number of esters is 1. The summed E-state index contributed by atoms with van der Waals surface area (Å²) in [6.45, 7) is 1.36. The minimum Gasteiger partial charge on any atom is -0.467 e. The first kappa shape index (κ1) is 20.0. The van der Waals surface area contributed by atoms with Gasteiger partial charge in [-0.1, -0.05) is 36.4 Å². The molecule has 0 saturated heterocycles. The van der Waals surface area contributed by atoms with Crippen LogP contribution in [0.3, 0.4) is 0 Å². The lowest BCUT2D eigenvalue weighted by Gasteiger charge is -2.18. The second-order valence-corrected chi connectivity index (χ2v) is 6.48. The van der Waals surface area contributed by atoms with Crippen molar-refractivity contribution in [3.05, 3.63) is 71.9 Å². The standard InChI is InChI=1S/C22H21N3O4/c1-14(26)23-19-10-6-4-8-17(19)21(27)25-20(22(28)29-2)13-16-12-11-15-7-3-5-9-18(15)24-16/h3-12,20H,13H2,1-2H3,(H,23,26)(H,25,27)/t20-/m0/s1. The number of para-hydroxylation sites is 2. The first-order valence-electron chi connectivity index (χ1n) is 9.08. The third-order valence-corrected chi connectivity index (χ3v) is 4.34.